The zero-order valence-corrected chi connectivity index (χ0v) is 21.9. The molecule has 0 saturated carbocycles. The van der Waals surface area contributed by atoms with E-state index in [0.717, 1.165) is 50.8 Å². The highest BCUT2D eigenvalue weighted by atomic mass is 16.5. The van der Waals surface area contributed by atoms with E-state index >= 15 is 0 Å². The van der Waals surface area contributed by atoms with Crippen molar-refractivity contribution >= 4 is 17.6 Å². The first-order valence-corrected chi connectivity index (χ1v) is 13.0. The first kappa shape index (κ1) is 26.1. The Hall–Kier alpha value is -2.97. The van der Waals surface area contributed by atoms with Gasteiger partial charge in [0.25, 0.3) is 0 Å². The van der Waals surface area contributed by atoms with E-state index in [1.807, 2.05) is 19.9 Å². The van der Waals surface area contributed by atoms with Crippen molar-refractivity contribution in [3.63, 3.8) is 0 Å². The van der Waals surface area contributed by atoms with E-state index in [0.29, 0.717) is 37.7 Å². The second kappa shape index (κ2) is 12.3. The number of hydrogen-bond donors (Lipinski definition) is 0. The molecule has 0 N–H and O–H groups in total. The highest BCUT2D eigenvalue weighted by Gasteiger charge is 2.44. The van der Waals surface area contributed by atoms with Crippen LogP contribution < -0.4 is 0 Å². The van der Waals surface area contributed by atoms with Crippen molar-refractivity contribution in [2.75, 3.05) is 66.3 Å². The number of fused-ring (bicyclic) bond motifs is 1. The summed E-state index contributed by atoms with van der Waals surface area (Å²) in [6.45, 7) is 14.8. The largest absolute Gasteiger partial charge is 0.463 e. The van der Waals surface area contributed by atoms with Gasteiger partial charge in [0.1, 0.15) is 18.3 Å². The molecule has 8 heteroatoms. The summed E-state index contributed by atoms with van der Waals surface area (Å²) in [4.78, 5) is 30.0. The van der Waals surface area contributed by atoms with Crippen molar-refractivity contribution < 1.29 is 14.3 Å². The molecule has 1 aromatic rings. The van der Waals surface area contributed by atoms with Gasteiger partial charge in [0.05, 0.1) is 30.4 Å². The maximum absolute atomic E-state index is 12.9. The molecule has 194 valence electrons. The molecule has 3 aliphatic rings. The minimum absolute atomic E-state index is 0.160. The van der Waals surface area contributed by atoms with Crippen LogP contribution in [0.25, 0.3) is 0 Å². The van der Waals surface area contributed by atoms with E-state index in [1.165, 1.54) is 5.56 Å². The average molecular weight is 494 g/mol. The van der Waals surface area contributed by atoms with Crippen LogP contribution in [0.3, 0.4) is 0 Å². The van der Waals surface area contributed by atoms with Crippen LogP contribution in [0, 0.1) is 11.8 Å². The van der Waals surface area contributed by atoms with Gasteiger partial charge in [-0.3, -0.25) is 9.89 Å². The van der Waals surface area contributed by atoms with Crippen LogP contribution in [0.2, 0.25) is 0 Å². The Balaban J connectivity index is 1.52. The number of nitrogens with zero attached hydrogens (tertiary/aromatic N) is 5. The monoisotopic (exact) mass is 493 g/mol. The first-order chi connectivity index (χ1) is 17.6. The lowest BCUT2D eigenvalue weighted by atomic mass is 9.79. The molecule has 36 heavy (non-hydrogen) atoms. The zero-order valence-electron chi connectivity index (χ0n) is 21.9. The summed E-state index contributed by atoms with van der Waals surface area (Å²) < 4.78 is 10.7. The highest BCUT2D eigenvalue weighted by Crippen LogP contribution is 2.37. The number of piperazine rings is 1. The Morgan fingerprint density at radius 1 is 1.14 bits per heavy atom. The fourth-order valence-electron chi connectivity index (χ4n) is 5.30. The van der Waals surface area contributed by atoms with Crippen LogP contribution in [0.5, 0.6) is 0 Å². The van der Waals surface area contributed by atoms with Crippen molar-refractivity contribution in [2.24, 2.45) is 21.8 Å². The Bertz CT molecular complexity index is 1010. The topological polar surface area (TPSA) is 70.0 Å². The highest BCUT2D eigenvalue weighted by molar-refractivity contribution is 6.10. The van der Waals surface area contributed by atoms with E-state index in [1.54, 1.807) is 7.11 Å². The Morgan fingerprint density at radius 2 is 1.89 bits per heavy atom. The molecule has 0 radical (unpaired) electrons. The maximum atomic E-state index is 12.9. The molecular formula is C28H39N5O3. The van der Waals surface area contributed by atoms with Crippen molar-refractivity contribution in [1.82, 2.24) is 14.7 Å². The van der Waals surface area contributed by atoms with Crippen molar-refractivity contribution in [2.45, 2.75) is 20.3 Å². The molecule has 1 aromatic carbocycles. The molecule has 0 aromatic heterocycles. The molecule has 0 aliphatic carbocycles. The number of allylic oxidation sites excluding steroid dienone is 2. The van der Waals surface area contributed by atoms with Gasteiger partial charge in [0, 0.05) is 52.3 Å². The van der Waals surface area contributed by atoms with Gasteiger partial charge in [-0.25, -0.2) is 9.79 Å². The Labute approximate surface area is 215 Å². The number of ether oxygens (including phenoxy) is 2. The molecular weight excluding hydrogens is 454 g/mol. The van der Waals surface area contributed by atoms with Gasteiger partial charge in [0.15, 0.2) is 0 Å². The minimum atomic E-state index is -0.318. The number of esters is 1. The van der Waals surface area contributed by atoms with Gasteiger partial charge < -0.3 is 19.3 Å². The van der Waals surface area contributed by atoms with Crippen molar-refractivity contribution in [3.8, 4) is 0 Å². The van der Waals surface area contributed by atoms with Gasteiger partial charge >= 0.3 is 5.97 Å². The third kappa shape index (κ3) is 5.71. The van der Waals surface area contributed by atoms with Crippen molar-refractivity contribution in [1.29, 1.82) is 0 Å². The molecule has 2 unspecified atom stereocenters. The van der Waals surface area contributed by atoms with E-state index in [9.17, 15) is 4.79 Å². The van der Waals surface area contributed by atoms with Gasteiger partial charge in [0.2, 0.25) is 0 Å². The van der Waals surface area contributed by atoms with Gasteiger partial charge in [-0.15, -0.1) is 6.58 Å². The van der Waals surface area contributed by atoms with Crippen LogP contribution in [-0.4, -0.2) is 98.6 Å². The lowest BCUT2D eigenvalue weighted by Crippen LogP contribution is -2.58. The molecule has 0 spiro atoms. The SMILES string of the molecule is C=CC1C(C(=O)OCC)=C(C)N=C2C1C(N1CCN(CCc3ccccc3)CC1)=NCN2CCOC. The first-order valence-electron chi connectivity index (χ1n) is 13.0. The third-order valence-corrected chi connectivity index (χ3v) is 7.22. The molecule has 3 aliphatic heterocycles. The number of amidine groups is 2. The van der Waals surface area contributed by atoms with Crippen molar-refractivity contribution in [3.05, 3.63) is 59.8 Å². The van der Waals surface area contributed by atoms with Crippen LogP contribution in [0.1, 0.15) is 19.4 Å². The molecule has 1 fully saturated rings. The lowest BCUT2D eigenvalue weighted by molar-refractivity contribution is -0.139. The van der Waals surface area contributed by atoms with E-state index in [4.69, 9.17) is 19.5 Å². The second-order valence-electron chi connectivity index (χ2n) is 9.41. The minimum Gasteiger partial charge on any atom is -0.463 e. The fraction of sp³-hybridized carbons (Fsp3) is 0.536. The standard InChI is InChI=1S/C28H39N5O3/c1-5-23-24(28(34)36-6-2)21(3)30-27-25(23)26(29-20-33(27)18-19-35-4)32-16-14-31(15-17-32)13-12-22-10-8-7-9-11-22/h5,7-11,23,25H,1,6,12-20H2,2-4H3. The lowest BCUT2D eigenvalue weighted by Gasteiger charge is -2.45. The molecule has 4 rings (SSSR count). The maximum Gasteiger partial charge on any atom is 0.336 e. The summed E-state index contributed by atoms with van der Waals surface area (Å²) in [7, 11) is 1.70. The van der Waals surface area contributed by atoms with Crippen LogP contribution in [0.15, 0.2) is 64.2 Å². The fourth-order valence-corrected chi connectivity index (χ4v) is 5.30. The third-order valence-electron chi connectivity index (χ3n) is 7.22. The van der Waals surface area contributed by atoms with Gasteiger partial charge in [-0.2, -0.15) is 0 Å². The summed E-state index contributed by atoms with van der Waals surface area (Å²) in [6, 6.07) is 10.7. The summed E-state index contributed by atoms with van der Waals surface area (Å²) in [5.41, 5.74) is 2.65. The number of benzene rings is 1. The zero-order chi connectivity index (χ0) is 25.5. The van der Waals surface area contributed by atoms with Crippen LogP contribution in [0.4, 0.5) is 0 Å². The van der Waals surface area contributed by atoms with E-state index in [-0.39, 0.29) is 17.8 Å². The molecule has 0 bridgehead atoms. The second-order valence-corrected chi connectivity index (χ2v) is 9.41. The molecule has 1 saturated heterocycles. The van der Waals surface area contributed by atoms with E-state index in [2.05, 4.69) is 51.6 Å². The van der Waals surface area contributed by atoms with Crippen LogP contribution >= 0.6 is 0 Å². The smallest absolute Gasteiger partial charge is 0.336 e. The predicted molar refractivity (Wildman–Crippen MR) is 143 cm³/mol. The van der Waals surface area contributed by atoms with Gasteiger partial charge in [-0.1, -0.05) is 36.4 Å². The summed E-state index contributed by atoms with van der Waals surface area (Å²) >= 11 is 0. The van der Waals surface area contributed by atoms with Crippen LogP contribution in [-0.2, 0) is 20.7 Å². The average Bonchev–Trinajstić information content (AvgIpc) is 2.90. The molecule has 0 amide bonds. The summed E-state index contributed by atoms with van der Waals surface area (Å²) in [5, 5.41) is 0. The quantitative estimate of drug-likeness (QED) is 0.389. The predicted octanol–water partition coefficient (Wildman–Crippen LogP) is 2.83. The van der Waals surface area contributed by atoms with Gasteiger partial charge in [-0.05, 0) is 25.8 Å². The summed E-state index contributed by atoms with van der Waals surface area (Å²) in [6.07, 6.45) is 2.92. The number of carbonyl (C=O) groups is 1. The molecule has 8 nitrogen and oxygen atoms in total. The summed E-state index contributed by atoms with van der Waals surface area (Å²) in [5.74, 6) is 1.23. The number of aliphatic imine (C=N–C) groups is 2. The number of methoxy groups -OCH3 is 1. The number of carbonyl (C=O) groups excluding carboxylic acids is 1. The molecule has 3 heterocycles. The number of hydrogen-bond acceptors (Lipinski definition) is 8. The van der Waals surface area contributed by atoms with E-state index < -0.39 is 0 Å². The number of rotatable bonds is 9. The molecule has 2 atom stereocenters. The Kier molecular flexibility index (Phi) is 8.93. The Morgan fingerprint density at radius 3 is 2.56 bits per heavy atom. The normalized spacial score (nSPS) is 22.6.